The van der Waals surface area contributed by atoms with E-state index < -0.39 is 17.7 Å². The van der Waals surface area contributed by atoms with Crippen LogP contribution in [-0.4, -0.2) is 49.1 Å². The summed E-state index contributed by atoms with van der Waals surface area (Å²) in [5, 5.41) is 11.9. The molecule has 1 heterocycles. The Morgan fingerprint density at radius 1 is 1.06 bits per heavy atom. The number of aryl methyl sites for hydroxylation is 2. The molecule has 0 radical (unpaired) electrons. The van der Waals surface area contributed by atoms with E-state index >= 15 is 0 Å². The Morgan fingerprint density at radius 3 is 2.39 bits per heavy atom. The van der Waals surface area contributed by atoms with Gasteiger partial charge in [-0.1, -0.05) is 29.3 Å². The SMILES string of the molecule is COCCN1C(=O)C(=O)/C(=C(/O)c2cc(C)c(OC)cc2C)C1c1ccc(Cl)c(Cl)c1. The van der Waals surface area contributed by atoms with Crippen LogP contribution in [0.2, 0.25) is 10.0 Å². The van der Waals surface area contributed by atoms with Gasteiger partial charge in [-0.05, 0) is 54.8 Å². The molecule has 0 aliphatic carbocycles. The van der Waals surface area contributed by atoms with E-state index in [4.69, 9.17) is 32.7 Å². The van der Waals surface area contributed by atoms with E-state index in [1.807, 2.05) is 6.92 Å². The molecule has 0 bridgehead atoms. The quantitative estimate of drug-likeness (QED) is 0.382. The number of likely N-dealkylation sites (tertiary alicyclic amines) is 1. The summed E-state index contributed by atoms with van der Waals surface area (Å²) in [7, 11) is 3.07. The Balaban J connectivity index is 2.23. The molecule has 3 rings (SSSR count). The number of rotatable bonds is 6. The fraction of sp³-hybridized carbons (Fsp3) is 0.304. The number of Topliss-reactive ketones (excluding diaryl/α,β-unsaturated/α-hetero) is 1. The minimum absolute atomic E-state index is 0.00726. The van der Waals surface area contributed by atoms with Crippen LogP contribution >= 0.6 is 23.2 Å². The second kappa shape index (κ2) is 9.30. The summed E-state index contributed by atoms with van der Waals surface area (Å²) in [6, 6.07) is 7.56. The third kappa shape index (κ3) is 4.28. The minimum Gasteiger partial charge on any atom is -0.507 e. The Morgan fingerprint density at radius 2 is 1.77 bits per heavy atom. The van der Waals surface area contributed by atoms with Crippen LogP contribution in [0.25, 0.3) is 5.76 Å². The highest BCUT2D eigenvalue weighted by atomic mass is 35.5. The zero-order chi connectivity index (χ0) is 22.9. The van der Waals surface area contributed by atoms with Crippen molar-refractivity contribution < 1.29 is 24.2 Å². The fourth-order valence-electron chi connectivity index (χ4n) is 3.74. The van der Waals surface area contributed by atoms with E-state index in [1.54, 1.807) is 44.4 Å². The van der Waals surface area contributed by atoms with Gasteiger partial charge in [0.25, 0.3) is 11.7 Å². The summed E-state index contributed by atoms with van der Waals surface area (Å²) in [6.07, 6.45) is 0. The van der Waals surface area contributed by atoms with Crippen molar-refractivity contribution in [3.63, 3.8) is 0 Å². The maximum absolute atomic E-state index is 13.0. The number of amides is 1. The lowest BCUT2D eigenvalue weighted by atomic mass is 9.93. The molecule has 1 amide bonds. The van der Waals surface area contributed by atoms with Crippen molar-refractivity contribution in [1.82, 2.24) is 4.90 Å². The van der Waals surface area contributed by atoms with Gasteiger partial charge in [0.15, 0.2) is 0 Å². The topological polar surface area (TPSA) is 76.1 Å². The van der Waals surface area contributed by atoms with Crippen LogP contribution in [0.1, 0.15) is 28.3 Å². The van der Waals surface area contributed by atoms with Crippen LogP contribution in [0.15, 0.2) is 35.9 Å². The summed E-state index contributed by atoms with van der Waals surface area (Å²) in [5.74, 6) is -1.07. The van der Waals surface area contributed by atoms with Crippen molar-refractivity contribution in [1.29, 1.82) is 0 Å². The lowest BCUT2D eigenvalue weighted by Gasteiger charge is -2.25. The molecule has 1 aliphatic rings. The predicted octanol–water partition coefficient (Wildman–Crippen LogP) is 4.69. The highest BCUT2D eigenvalue weighted by molar-refractivity contribution is 6.47. The highest BCUT2D eigenvalue weighted by Gasteiger charge is 2.46. The number of methoxy groups -OCH3 is 2. The molecule has 1 saturated heterocycles. The average molecular weight is 464 g/mol. The summed E-state index contributed by atoms with van der Waals surface area (Å²) in [6.45, 7) is 4.03. The number of aliphatic hydroxyl groups is 1. The van der Waals surface area contributed by atoms with Gasteiger partial charge in [0, 0.05) is 19.2 Å². The third-order valence-electron chi connectivity index (χ3n) is 5.33. The molecule has 2 aromatic rings. The predicted molar refractivity (Wildman–Crippen MR) is 120 cm³/mol. The van der Waals surface area contributed by atoms with Gasteiger partial charge in [-0.3, -0.25) is 9.59 Å². The van der Waals surface area contributed by atoms with Crippen LogP contribution in [-0.2, 0) is 14.3 Å². The van der Waals surface area contributed by atoms with E-state index in [0.29, 0.717) is 27.5 Å². The number of hydrogen-bond donors (Lipinski definition) is 1. The number of ketones is 1. The summed E-state index contributed by atoms with van der Waals surface area (Å²) >= 11 is 12.3. The molecule has 1 fully saturated rings. The number of carbonyl (C=O) groups excluding carboxylic acids is 2. The van der Waals surface area contributed by atoms with Gasteiger partial charge >= 0.3 is 0 Å². The van der Waals surface area contributed by atoms with Gasteiger partial charge in [0.1, 0.15) is 11.5 Å². The van der Waals surface area contributed by atoms with Crippen molar-refractivity contribution >= 4 is 40.7 Å². The Bertz CT molecular complexity index is 1080. The Kier molecular flexibility index (Phi) is 6.94. The smallest absolute Gasteiger partial charge is 0.295 e. The standard InChI is InChI=1S/C23H23Cl2NO5/c1-12-10-18(31-4)13(2)9-15(12)21(27)19-20(14-5-6-16(24)17(25)11-14)26(7-8-30-3)23(29)22(19)28/h5-6,9-11,20,27H,7-8H2,1-4H3/b21-19+. The molecule has 164 valence electrons. The maximum atomic E-state index is 13.0. The van der Waals surface area contributed by atoms with E-state index in [2.05, 4.69) is 0 Å². The molecule has 2 aromatic carbocycles. The highest BCUT2D eigenvalue weighted by Crippen LogP contribution is 2.41. The zero-order valence-electron chi connectivity index (χ0n) is 17.7. The minimum atomic E-state index is -0.827. The molecule has 0 spiro atoms. The average Bonchev–Trinajstić information content (AvgIpc) is 2.99. The first kappa shape index (κ1) is 23.1. The summed E-state index contributed by atoms with van der Waals surface area (Å²) < 4.78 is 10.4. The Hall–Kier alpha value is -2.54. The number of ether oxygens (including phenoxy) is 2. The number of halogens is 2. The largest absolute Gasteiger partial charge is 0.507 e. The number of hydrogen-bond acceptors (Lipinski definition) is 5. The molecular weight excluding hydrogens is 441 g/mol. The van der Waals surface area contributed by atoms with Gasteiger partial charge < -0.3 is 19.5 Å². The lowest BCUT2D eigenvalue weighted by molar-refractivity contribution is -0.140. The number of nitrogens with zero attached hydrogens (tertiary/aromatic N) is 1. The van der Waals surface area contributed by atoms with Gasteiger partial charge in [-0.2, -0.15) is 0 Å². The van der Waals surface area contributed by atoms with Crippen molar-refractivity contribution in [3.8, 4) is 5.75 Å². The summed E-state index contributed by atoms with van der Waals surface area (Å²) in [4.78, 5) is 27.2. The number of carbonyl (C=O) groups is 2. The number of benzene rings is 2. The molecule has 1 aliphatic heterocycles. The van der Waals surface area contributed by atoms with Crippen LogP contribution < -0.4 is 4.74 Å². The van der Waals surface area contributed by atoms with Gasteiger partial charge in [0.2, 0.25) is 0 Å². The first-order chi connectivity index (χ1) is 14.7. The maximum Gasteiger partial charge on any atom is 0.295 e. The van der Waals surface area contributed by atoms with Crippen molar-refractivity contribution in [2.24, 2.45) is 0 Å². The molecule has 1 N–H and O–H groups in total. The van der Waals surface area contributed by atoms with Crippen molar-refractivity contribution in [2.45, 2.75) is 19.9 Å². The normalized spacial score (nSPS) is 18.0. The van der Waals surface area contributed by atoms with Crippen LogP contribution in [0.5, 0.6) is 5.75 Å². The molecule has 1 atom stereocenters. The van der Waals surface area contributed by atoms with Crippen molar-refractivity contribution in [2.75, 3.05) is 27.4 Å². The first-order valence-electron chi connectivity index (χ1n) is 9.59. The molecule has 0 aromatic heterocycles. The monoisotopic (exact) mass is 463 g/mol. The van der Waals surface area contributed by atoms with Crippen LogP contribution in [0.4, 0.5) is 0 Å². The molecule has 8 heteroatoms. The van der Waals surface area contributed by atoms with Gasteiger partial charge in [-0.25, -0.2) is 0 Å². The second-order valence-electron chi connectivity index (χ2n) is 7.30. The molecule has 0 saturated carbocycles. The second-order valence-corrected chi connectivity index (χ2v) is 8.11. The van der Waals surface area contributed by atoms with E-state index in [1.165, 1.54) is 12.0 Å². The van der Waals surface area contributed by atoms with Crippen LogP contribution in [0, 0.1) is 13.8 Å². The molecular formula is C23H23Cl2NO5. The lowest BCUT2D eigenvalue weighted by Crippen LogP contribution is -2.32. The third-order valence-corrected chi connectivity index (χ3v) is 6.07. The van der Waals surface area contributed by atoms with Crippen LogP contribution in [0.3, 0.4) is 0 Å². The van der Waals surface area contributed by atoms with E-state index in [-0.39, 0.29) is 29.5 Å². The first-order valence-corrected chi connectivity index (χ1v) is 10.3. The van der Waals surface area contributed by atoms with Gasteiger partial charge in [-0.15, -0.1) is 0 Å². The number of aliphatic hydroxyl groups excluding tert-OH is 1. The molecule has 6 nitrogen and oxygen atoms in total. The van der Waals surface area contributed by atoms with E-state index in [9.17, 15) is 14.7 Å². The van der Waals surface area contributed by atoms with E-state index in [0.717, 1.165) is 5.56 Å². The fourth-order valence-corrected chi connectivity index (χ4v) is 4.05. The van der Waals surface area contributed by atoms with Gasteiger partial charge in [0.05, 0.1) is 35.4 Å². The zero-order valence-corrected chi connectivity index (χ0v) is 19.2. The molecule has 31 heavy (non-hydrogen) atoms. The summed E-state index contributed by atoms with van der Waals surface area (Å²) in [5.41, 5.74) is 2.50. The molecule has 1 unspecified atom stereocenters. The Labute approximate surface area is 191 Å². The van der Waals surface area contributed by atoms with Crippen molar-refractivity contribution in [3.05, 3.63) is 68.2 Å².